The van der Waals surface area contributed by atoms with E-state index in [-0.39, 0.29) is 5.82 Å². The summed E-state index contributed by atoms with van der Waals surface area (Å²) in [6.45, 7) is 0. The number of pyridine rings is 1. The largest absolute Gasteiger partial charge is 0.384 e. The zero-order chi connectivity index (χ0) is 14.7. The molecule has 2 heterocycles. The van der Waals surface area contributed by atoms with Crippen molar-refractivity contribution in [1.29, 1.82) is 0 Å². The highest BCUT2D eigenvalue weighted by atomic mass is 32.2. The predicted molar refractivity (Wildman–Crippen MR) is 77.9 cm³/mol. The SMILES string of the molecule is Nc1ccc(-c2nc(CSc3ccccc3F)no2)cn1. The number of nitrogens with zero attached hydrogens (tertiary/aromatic N) is 3. The summed E-state index contributed by atoms with van der Waals surface area (Å²) in [6.07, 6.45) is 1.57. The molecular weight excluding hydrogens is 291 g/mol. The van der Waals surface area contributed by atoms with E-state index < -0.39 is 0 Å². The normalized spacial score (nSPS) is 10.7. The topological polar surface area (TPSA) is 77.8 Å². The molecule has 3 aromatic rings. The van der Waals surface area contributed by atoms with Gasteiger partial charge in [-0.15, -0.1) is 11.8 Å². The van der Waals surface area contributed by atoms with Crippen molar-refractivity contribution >= 4 is 17.6 Å². The van der Waals surface area contributed by atoms with Crippen molar-refractivity contribution in [3.63, 3.8) is 0 Å². The van der Waals surface area contributed by atoms with E-state index in [9.17, 15) is 4.39 Å². The molecule has 0 aliphatic rings. The molecule has 0 amide bonds. The fourth-order valence-electron chi connectivity index (χ4n) is 1.67. The molecule has 2 aromatic heterocycles. The maximum Gasteiger partial charge on any atom is 0.259 e. The first-order chi connectivity index (χ1) is 10.2. The molecule has 2 N–H and O–H groups in total. The van der Waals surface area contributed by atoms with Crippen LogP contribution in [-0.2, 0) is 5.75 Å². The summed E-state index contributed by atoms with van der Waals surface area (Å²) in [5.74, 6) is 1.46. The van der Waals surface area contributed by atoms with E-state index in [0.717, 1.165) is 0 Å². The molecule has 21 heavy (non-hydrogen) atoms. The van der Waals surface area contributed by atoms with E-state index in [1.54, 1.807) is 36.5 Å². The first-order valence-corrected chi connectivity index (χ1v) is 7.13. The lowest BCUT2D eigenvalue weighted by Crippen LogP contribution is -1.89. The van der Waals surface area contributed by atoms with Gasteiger partial charge in [-0.3, -0.25) is 0 Å². The third-order valence-corrected chi connectivity index (χ3v) is 3.74. The Morgan fingerprint density at radius 1 is 1.19 bits per heavy atom. The van der Waals surface area contributed by atoms with Gasteiger partial charge in [0.05, 0.1) is 11.3 Å². The molecule has 0 unspecified atom stereocenters. The first-order valence-electron chi connectivity index (χ1n) is 6.14. The fraction of sp³-hybridized carbons (Fsp3) is 0.0714. The maximum absolute atomic E-state index is 13.5. The summed E-state index contributed by atoms with van der Waals surface area (Å²) in [6, 6.07) is 9.99. The van der Waals surface area contributed by atoms with Gasteiger partial charge in [-0.1, -0.05) is 17.3 Å². The number of rotatable bonds is 4. The second-order valence-electron chi connectivity index (χ2n) is 4.21. The number of nitrogen functional groups attached to an aromatic ring is 1. The van der Waals surface area contributed by atoms with Crippen LogP contribution < -0.4 is 5.73 Å². The maximum atomic E-state index is 13.5. The van der Waals surface area contributed by atoms with Crippen molar-refractivity contribution in [2.45, 2.75) is 10.6 Å². The van der Waals surface area contributed by atoms with Crippen molar-refractivity contribution in [1.82, 2.24) is 15.1 Å². The summed E-state index contributed by atoms with van der Waals surface area (Å²) in [4.78, 5) is 8.77. The molecule has 0 atom stereocenters. The van der Waals surface area contributed by atoms with Gasteiger partial charge in [0.2, 0.25) is 0 Å². The van der Waals surface area contributed by atoms with Crippen LogP contribution in [0.5, 0.6) is 0 Å². The van der Waals surface area contributed by atoms with E-state index >= 15 is 0 Å². The second-order valence-corrected chi connectivity index (χ2v) is 5.22. The van der Waals surface area contributed by atoms with Crippen LogP contribution in [0, 0.1) is 5.82 Å². The predicted octanol–water partition coefficient (Wildman–Crippen LogP) is 3.15. The van der Waals surface area contributed by atoms with Gasteiger partial charge in [0.25, 0.3) is 5.89 Å². The van der Waals surface area contributed by atoms with Gasteiger partial charge in [-0.25, -0.2) is 9.37 Å². The Hall–Kier alpha value is -2.41. The van der Waals surface area contributed by atoms with Crippen LogP contribution in [0.15, 0.2) is 52.0 Å². The number of nitrogens with two attached hydrogens (primary N) is 1. The highest BCUT2D eigenvalue weighted by Gasteiger charge is 2.10. The average Bonchev–Trinajstić information content (AvgIpc) is 2.96. The number of hydrogen-bond donors (Lipinski definition) is 1. The Kier molecular flexibility index (Phi) is 3.83. The van der Waals surface area contributed by atoms with E-state index in [1.165, 1.54) is 17.8 Å². The standard InChI is InChI=1S/C14H11FN4OS/c15-10-3-1-2-4-11(10)21-8-13-18-14(20-19-13)9-5-6-12(16)17-7-9/h1-7H,8H2,(H2,16,17). The van der Waals surface area contributed by atoms with Crippen molar-refractivity contribution in [3.05, 3.63) is 54.2 Å². The van der Waals surface area contributed by atoms with E-state index in [2.05, 4.69) is 15.1 Å². The third-order valence-electron chi connectivity index (χ3n) is 2.69. The molecule has 106 valence electrons. The zero-order valence-corrected chi connectivity index (χ0v) is 11.7. The summed E-state index contributed by atoms with van der Waals surface area (Å²) < 4.78 is 18.7. The van der Waals surface area contributed by atoms with Gasteiger partial charge < -0.3 is 10.3 Å². The highest BCUT2D eigenvalue weighted by Crippen LogP contribution is 2.25. The van der Waals surface area contributed by atoms with Crippen LogP contribution in [0.3, 0.4) is 0 Å². The van der Waals surface area contributed by atoms with Gasteiger partial charge in [-0.2, -0.15) is 4.98 Å². The van der Waals surface area contributed by atoms with E-state index in [1.807, 2.05) is 0 Å². The van der Waals surface area contributed by atoms with Crippen LogP contribution in [0.1, 0.15) is 5.82 Å². The summed E-state index contributed by atoms with van der Waals surface area (Å²) in [5.41, 5.74) is 6.21. The summed E-state index contributed by atoms with van der Waals surface area (Å²) >= 11 is 1.32. The number of aromatic nitrogens is 3. The number of thioether (sulfide) groups is 1. The summed E-state index contributed by atoms with van der Waals surface area (Å²) in [7, 11) is 0. The van der Waals surface area contributed by atoms with Crippen molar-refractivity contribution < 1.29 is 8.91 Å². The Bertz CT molecular complexity index is 745. The minimum Gasteiger partial charge on any atom is -0.384 e. The minimum absolute atomic E-state index is 0.256. The van der Waals surface area contributed by atoms with Gasteiger partial charge in [0, 0.05) is 11.1 Å². The fourth-order valence-corrected chi connectivity index (χ4v) is 2.45. The Balaban J connectivity index is 1.71. The smallest absolute Gasteiger partial charge is 0.259 e. The molecule has 0 aliphatic carbocycles. The molecule has 1 aromatic carbocycles. The molecule has 5 nitrogen and oxygen atoms in total. The third kappa shape index (κ3) is 3.19. The van der Waals surface area contributed by atoms with Gasteiger partial charge in [0.1, 0.15) is 11.6 Å². The molecule has 7 heteroatoms. The number of halogens is 1. The quantitative estimate of drug-likeness (QED) is 0.746. The average molecular weight is 302 g/mol. The number of anilines is 1. The summed E-state index contributed by atoms with van der Waals surface area (Å²) in [5, 5.41) is 3.87. The van der Waals surface area contributed by atoms with Crippen LogP contribution >= 0.6 is 11.8 Å². The second kappa shape index (κ2) is 5.92. The van der Waals surface area contributed by atoms with Crippen molar-refractivity contribution in [2.75, 3.05) is 5.73 Å². The molecule has 0 radical (unpaired) electrons. The van der Waals surface area contributed by atoms with Crippen LogP contribution in [0.25, 0.3) is 11.5 Å². The monoisotopic (exact) mass is 302 g/mol. The number of benzene rings is 1. The Labute approximate surface area is 124 Å². The Morgan fingerprint density at radius 2 is 2.05 bits per heavy atom. The van der Waals surface area contributed by atoms with Crippen molar-refractivity contribution in [2.24, 2.45) is 0 Å². The Morgan fingerprint density at radius 3 is 2.81 bits per heavy atom. The highest BCUT2D eigenvalue weighted by molar-refractivity contribution is 7.98. The lowest BCUT2D eigenvalue weighted by atomic mass is 10.3. The molecule has 0 aliphatic heterocycles. The van der Waals surface area contributed by atoms with Gasteiger partial charge in [0.15, 0.2) is 5.82 Å². The molecule has 0 spiro atoms. The molecule has 0 fully saturated rings. The zero-order valence-electron chi connectivity index (χ0n) is 10.9. The molecule has 0 saturated carbocycles. The lowest BCUT2D eigenvalue weighted by Gasteiger charge is -1.99. The number of hydrogen-bond acceptors (Lipinski definition) is 6. The molecular formula is C14H11FN4OS. The first kappa shape index (κ1) is 13.6. The minimum atomic E-state index is -0.256. The van der Waals surface area contributed by atoms with E-state index in [0.29, 0.717) is 33.7 Å². The molecule has 0 bridgehead atoms. The van der Waals surface area contributed by atoms with Crippen molar-refractivity contribution in [3.8, 4) is 11.5 Å². The molecule has 3 rings (SSSR count). The van der Waals surface area contributed by atoms with Crippen LogP contribution in [0.4, 0.5) is 10.2 Å². The van der Waals surface area contributed by atoms with Gasteiger partial charge >= 0.3 is 0 Å². The van der Waals surface area contributed by atoms with Crippen LogP contribution in [-0.4, -0.2) is 15.1 Å². The van der Waals surface area contributed by atoms with E-state index in [4.69, 9.17) is 10.3 Å². The molecule has 0 saturated heterocycles. The van der Waals surface area contributed by atoms with Crippen LogP contribution in [0.2, 0.25) is 0 Å². The van der Waals surface area contributed by atoms with Gasteiger partial charge in [-0.05, 0) is 24.3 Å². The lowest BCUT2D eigenvalue weighted by molar-refractivity contribution is 0.425.